The number of benzene rings is 1. The van der Waals surface area contributed by atoms with Crippen LogP contribution in [0, 0.1) is 5.82 Å². The number of halogens is 1. The van der Waals surface area contributed by atoms with Crippen LogP contribution < -0.4 is 10.6 Å². The largest absolute Gasteiger partial charge is 0.325 e. The molecular weight excluding hydrogens is 261 g/mol. The van der Waals surface area contributed by atoms with Crippen LogP contribution in [-0.2, 0) is 9.59 Å². The van der Waals surface area contributed by atoms with Gasteiger partial charge in [-0.2, -0.15) is 0 Å². The second-order valence-corrected chi connectivity index (χ2v) is 3.92. The van der Waals surface area contributed by atoms with Crippen molar-refractivity contribution in [2.45, 2.75) is 13.8 Å². The molecule has 106 valence electrons. The number of anilines is 1. The highest BCUT2D eigenvalue weighted by Gasteiger charge is 2.16. The number of carbonyl (C=O) groups is 2. The summed E-state index contributed by atoms with van der Waals surface area (Å²) in [6, 6.07) is 5.36. The molecule has 0 aliphatic carbocycles. The Morgan fingerprint density at radius 3 is 2.30 bits per heavy atom. The molecule has 1 aromatic carbocycles. The van der Waals surface area contributed by atoms with Crippen molar-refractivity contribution >= 4 is 23.2 Å². The highest BCUT2D eigenvalue weighted by atomic mass is 19.1. The molecule has 0 aliphatic heterocycles. The van der Waals surface area contributed by atoms with Crippen molar-refractivity contribution in [1.82, 2.24) is 5.32 Å². The summed E-state index contributed by atoms with van der Waals surface area (Å²) in [7, 11) is 1.45. The standard InChI is InChI=1S/C14H16FN3O2/c1-4-12(17-9(2)19)13(16-3)14(20)18-11-7-5-10(15)6-8-11/h4-8H,1-3H3,(H,17,19)(H,18,20)/b12-4-,16-13+. The minimum atomic E-state index is -0.485. The van der Waals surface area contributed by atoms with Crippen molar-refractivity contribution in [2.24, 2.45) is 4.99 Å². The molecule has 6 heteroatoms. The number of carbonyl (C=O) groups excluding carboxylic acids is 2. The third kappa shape index (κ3) is 4.31. The molecule has 2 N–H and O–H groups in total. The molecule has 0 saturated heterocycles. The van der Waals surface area contributed by atoms with E-state index < -0.39 is 5.91 Å². The Morgan fingerprint density at radius 2 is 1.85 bits per heavy atom. The smallest absolute Gasteiger partial charge is 0.275 e. The molecule has 0 aliphatic rings. The van der Waals surface area contributed by atoms with E-state index in [0.717, 1.165) is 0 Å². The lowest BCUT2D eigenvalue weighted by Crippen LogP contribution is -2.33. The number of hydrogen-bond acceptors (Lipinski definition) is 3. The lowest BCUT2D eigenvalue weighted by molar-refractivity contribution is -0.118. The number of allylic oxidation sites excluding steroid dienone is 1. The normalized spacial score (nSPS) is 12.0. The van der Waals surface area contributed by atoms with Crippen LogP contribution in [0.1, 0.15) is 13.8 Å². The summed E-state index contributed by atoms with van der Waals surface area (Å²) in [4.78, 5) is 27.0. The van der Waals surface area contributed by atoms with Crippen LogP contribution in [0.25, 0.3) is 0 Å². The van der Waals surface area contributed by atoms with Gasteiger partial charge in [0.05, 0.1) is 5.70 Å². The molecule has 0 fully saturated rings. The van der Waals surface area contributed by atoms with E-state index in [4.69, 9.17) is 0 Å². The van der Waals surface area contributed by atoms with E-state index >= 15 is 0 Å². The molecule has 1 rings (SSSR count). The van der Waals surface area contributed by atoms with E-state index in [1.165, 1.54) is 38.2 Å². The zero-order valence-electron chi connectivity index (χ0n) is 11.5. The minimum Gasteiger partial charge on any atom is -0.325 e. The first-order valence-corrected chi connectivity index (χ1v) is 5.96. The summed E-state index contributed by atoms with van der Waals surface area (Å²) in [6.45, 7) is 3.02. The third-order valence-electron chi connectivity index (χ3n) is 2.40. The van der Waals surface area contributed by atoms with Crippen molar-refractivity contribution < 1.29 is 14.0 Å². The van der Waals surface area contributed by atoms with Gasteiger partial charge in [-0.3, -0.25) is 14.6 Å². The average molecular weight is 277 g/mol. The van der Waals surface area contributed by atoms with Gasteiger partial charge in [-0.05, 0) is 31.2 Å². The van der Waals surface area contributed by atoms with Crippen LogP contribution in [0.4, 0.5) is 10.1 Å². The number of aliphatic imine (C=N–C) groups is 1. The summed E-state index contributed by atoms with van der Waals surface area (Å²) in [6.07, 6.45) is 1.58. The van der Waals surface area contributed by atoms with Crippen molar-refractivity contribution in [3.63, 3.8) is 0 Å². The van der Waals surface area contributed by atoms with Crippen LogP contribution in [-0.4, -0.2) is 24.6 Å². The van der Waals surface area contributed by atoms with E-state index in [1.54, 1.807) is 13.0 Å². The van der Waals surface area contributed by atoms with E-state index in [2.05, 4.69) is 15.6 Å². The third-order valence-corrected chi connectivity index (χ3v) is 2.40. The molecule has 1 aromatic rings. The van der Waals surface area contributed by atoms with Crippen molar-refractivity contribution in [1.29, 1.82) is 0 Å². The van der Waals surface area contributed by atoms with Gasteiger partial charge >= 0.3 is 0 Å². The second-order valence-electron chi connectivity index (χ2n) is 3.92. The van der Waals surface area contributed by atoms with E-state index in [1.807, 2.05) is 0 Å². The van der Waals surface area contributed by atoms with Crippen LogP contribution in [0.2, 0.25) is 0 Å². The highest BCUT2D eigenvalue weighted by molar-refractivity contribution is 6.49. The van der Waals surface area contributed by atoms with Gasteiger partial charge in [0, 0.05) is 19.7 Å². The van der Waals surface area contributed by atoms with Gasteiger partial charge in [0.2, 0.25) is 5.91 Å². The average Bonchev–Trinajstić information content (AvgIpc) is 2.40. The summed E-state index contributed by atoms with van der Waals surface area (Å²) < 4.78 is 12.8. The summed E-state index contributed by atoms with van der Waals surface area (Å²) in [5.41, 5.74) is 0.850. The molecule has 0 heterocycles. The Balaban J connectivity index is 2.87. The summed E-state index contributed by atoms with van der Waals surface area (Å²) in [5, 5.41) is 5.11. The molecular formula is C14H16FN3O2. The monoisotopic (exact) mass is 277 g/mol. The predicted molar refractivity (Wildman–Crippen MR) is 76.0 cm³/mol. The molecule has 0 saturated carbocycles. The SMILES string of the molecule is C/C=C(NC(C)=O)/C(=N\C)C(=O)Nc1ccc(F)cc1. The number of nitrogens with zero attached hydrogens (tertiary/aromatic N) is 1. The molecule has 0 aromatic heterocycles. The maximum absolute atomic E-state index is 12.8. The Hall–Kier alpha value is -2.50. The zero-order valence-corrected chi connectivity index (χ0v) is 11.5. The number of amides is 2. The fourth-order valence-electron chi connectivity index (χ4n) is 1.53. The molecule has 20 heavy (non-hydrogen) atoms. The number of hydrogen-bond donors (Lipinski definition) is 2. The molecule has 0 bridgehead atoms. The van der Waals surface area contributed by atoms with Gasteiger partial charge in [-0.1, -0.05) is 6.08 Å². The van der Waals surface area contributed by atoms with Crippen molar-refractivity contribution in [3.05, 3.63) is 41.9 Å². The molecule has 0 radical (unpaired) electrons. The fraction of sp³-hybridized carbons (Fsp3) is 0.214. The molecule has 0 unspecified atom stereocenters. The van der Waals surface area contributed by atoms with E-state index in [0.29, 0.717) is 11.4 Å². The first kappa shape index (κ1) is 15.6. The van der Waals surface area contributed by atoms with Crippen molar-refractivity contribution in [3.8, 4) is 0 Å². The van der Waals surface area contributed by atoms with Gasteiger partial charge in [0.25, 0.3) is 5.91 Å². The predicted octanol–water partition coefficient (Wildman–Crippen LogP) is 1.87. The number of rotatable bonds is 4. The van der Waals surface area contributed by atoms with Gasteiger partial charge in [0.15, 0.2) is 0 Å². The van der Waals surface area contributed by atoms with E-state index in [9.17, 15) is 14.0 Å². The van der Waals surface area contributed by atoms with Crippen LogP contribution in [0.15, 0.2) is 41.0 Å². The van der Waals surface area contributed by atoms with Gasteiger partial charge in [-0.25, -0.2) is 4.39 Å². The molecule has 2 amide bonds. The zero-order chi connectivity index (χ0) is 15.1. The maximum atomic E-state index is 12.8. The van der Waals surface area contributed by atoms with Gasteiger partial charge in [0.1, 0.15) is 11.5 Å². The molecule has 0 atom stereocenters. The van der Waals surface area contributed by atoms with Gasteiger partial charge in [-0.15, -0.1) is 0 Å². The summed E-state index contributed by atoms with van der Waals surface area (Å²) in [5.74, 6) is -1.17. The number of nitrogens with one attached hydrogen (secondary N) is 2. The van der Waals surface area contributed by atoms with Crippen LogP contribution in [0.5, 0.6) is 0 Å². The Morgan fingerprint density at radius 1 is 1.25 bits per heavy atom. The lowest BCUT2D eigenvalue weighted by atomic mass is 10.2. The Kier molecular flexibility index (Phi) is 5.58. The molecule has 5 nitrogen and oxygen atoms in total. The van der Waals surface area contributed by atoms with E-state index in [-0.39, 0.29) is 17.4 Å². The topological polar surface area (TPSA) is 70.6 Å². The highest BCUT2D eigenvalue weighted by Crippen LogP contribution is 2.09. The Bertz CT molecular complexity index is 562. The van der Waals surface area contributed by atoms with Crippen LogP contribution in [0.3, 0.4) is 0 Å². The summed E-state index contributed by atoms with van der Waals surface area (Å²) >= 11 is 0. The fourth-order valence-corrected chi connectivity index (χ4v) is 1.53. The molecule has 0 spiro atoms. The quantitative estimate of drug-likeness (QED) is 0.825. The Labute approximate surface area is 116 Å². The van der Waals surface area contributed by atoms with Crippen molar-refractivity contribution in [2.75, 3.05) is 12.4 Å². The lowest BCUT2D eigenvalue weighted by Gasteiger charge is -2.11. The van der Waals surface area contributed by atoms with Crippen LogP contribution >= 0.6 is 0 Å². The van der Waals surface area contributed by atoms with Gasteiger partial charge < -0.3 is 10.6 Å². The first-order chi connectivity index (χ1) is 9.47. The minimum absolute atomic E-state index is 0.0898. The second kappa shape index (κ2) is 7.18. The first-order valence-electron chi connectivity index (χ1n) is 5.96. The maximum Gasteiger partial charge on any atom is 0.275 e.